The summed E-state index contributed by atoms with van der Waals surface area (Å²) in [4.78, 5) is 14.1. The molecule has 0 unspecified atom stereocenters. The highest BCUT2D eigenvalue weighted by atomic mass is 16.5. The van der Waals surface area contributed by atoms with Crippen LogP contribution in [0.25, 0.3) is 22.5 Å². The van der Waals surface area contributed by atoms with Crippen LogP contribution in [0.15, 0.2) is 84.9 Å². The molecule has 6 heteroatoms. The van der Waals surface area contributed by atoms with E-state index in [-0.39, 0.29) is 5.91 Å². The Morgan fingerprint density at radius 2 is 1.46 bits per heavy atom. The molecule has 0 bridgehead atoms. The van der Waals surface area contributed by atoms with Crippen LogP contribution in [0.3, 0.4) is 0 Å². The molecule has 3 aromatic carbocycles. The molecule has 0 saturated carbocycles. The smallest absolute Gasteiger partial charge is 0.271 e. The molecule has 0 saturated heterocycles. The lowest BCUT2D eigenvalue weighted by Gasteiger charge is -2.10. The summed E-state index contributed by atoms with van der Waals surface area (Å²) in [6, 6.07) is 26.4. The zero-order chi connectivity index (χ0) is 19.3. The summed E-state index contributed by atoms with van der Waals surface area (Å²) in [7, 11) is 1.59. The molecule has 0 spiro atoms. The minimum Gasteiger partial charge on any atom is -0.497 e. The number of hydrogen-bond donors (Lipinski definition) is 1. The van der Waals surface area contributed by atoms with Crippen molar-refractivity contribution < 1.29 is 9.53 Å². The van der Waals surface area contributed by atoms with Crippen molar-refractivity contribution in [2.24, 2.45) is 0 Å². The molecule has 0 atom stereocenters. The number of rotatable bonds is 5. The van der Waals surface area contributed by atoms with Crippen LogP contribution in [0.5, 0.6) is 5.75 Å². The quantitative estimate of drug-likeness (QED) is 0.576. The highest BCUT2D eigenvalue weighted by Gasteiger charge is 2.18. The van der Waals surface area contributed by atoms with E-state index in [1.807, 2.05) is 60.7 Å². The second kappa shape index (κ2) is 7.75. The molecule has 1 N–H and O–H groups in total. The summed E-state index contributed by atoms with van der Waals surface area (Å²) < 4.78 is 5.14. The molecule has 0 fully saturated rings. The fraction of sp³-hybridized carbons (Fsp3) is 0.0455. The van der Waals surface area contributed by atoms with Gasteiger partial charge in [-0.25, -0.2) is 5.43 Å². The number of methoxy groups -OCH3 is 1. The predicted molar refractivity (Wildman–Crippen MR) is 108 cm³/mol. The van der Waals surface area contributed by atoms with Crippen LogP contribution in [-0.4, -0.2) is 28.1 Å². The van der Waals surface area contributed by atoms with Crippen LogP contribution in [0.2, 0.25) is 0 Å². The van der Waals surface area contributed by atoms with Gasteiger partial charge in [0.05, 0.1) is 7.11 Å². The Kier molecular flexibility index (Phi) is 4.84. The standard InChI is InChI=1S/C22H18N4O2/c1-28-19-14-12-18(13-15-19)22(27)24-26-21(17-10-6-3-7-11-17)20(23-25-26)16-8-4-2-5-9-16/h2-15H,1H3,(H,24,27). The highest BCUT2D eigenvalue weighted by molar-refractivity contribution is 6.00. The van der Waals surface area contributed by atoms with Gasteiger partial charge >= 0.3 is 0 Å². The molecule has 1 amide bonds. The minimum absolute atomic E-state index is 0.288. The molecule has 138 valence electrons. The maximum atomic E-state index is 12.7. The fourth-order valence-corrected chi connectivity index (χ4v) is 2.91. The number of hydrogen-bond acceptors (Lipinski definition) is 4. The first kappa shape index (κ1) is 17.5. The zero-order valence-corrected chi connectivity index (χ0v) is 15.2. The fourth-order valence-electron chi connectivity index (χ4n) is 2.91. The van der Waals surface area contributed by atoms with Crippen molar-refractivity contribution in [3.63, 3.8) is 0 Å². The Morgan fingerprint density at radius 3 is 2.07 bits per heavy atom. The van der Waals surface area contributed by atoms with Gasteiger partial charge in [-0.15, -0.1) is 5.10 Å². The van der Waals surface area contributed by atoms with Crippen molar-refractivity contribution in [3.05, 3.63) is 90.5 Å². The Morgan fingerprint density at radius 1 is 0.857 bits per heavy atom. The van der Waals surface area contributed by atoms with E-state index in [0.29, 0.717) is 22.7 Å². The normalized spacial score (nSPS) is 10.5. The Hall–Kier alpha value is -3.93. The summed E-state index contributed by atoms with van der Waals surface area (Å²) in [5.74, 6) is 0.401. The molecular formula is C22H18N4O2. The summed E-state index contributed by atoms with van der Waals surface area (Å²) in [5.41, 5.74) is 6.55. The van der Waals surface area contributed by atoms with Crippen molar-refractivity contribution in [3.8, 4) is 28.3 Å². The minimum atomic E-state index is -0.288. The van der Waals surface area contributed by atoms with Crippen LogP contribution in [-0.2, 0) is 0 Å². The monoisotopic (exact) mass is 370 g/mol. The summed E-state index contributed by atoms with van der Waals surface area (Å²) in [6.45, 7) is 0. The van der Waals surface area contributed by atoms with Gasteiger partial charge in [0.2, 0.25) is 0 Å². The van der Waals surface area contributed by atoms with E-state index in [4.69, 9.17) is 4.74 Å². The number of nitrogens with zero attached hydrogens (tertiary/aromatic N) is 3. The Labute approximate surface area is 162 Å². The molecular weight excluding hydrogens is 352 g/mol. The number of amides is 1. The van der Waals surface area contributed by atoms with E-state index in [2.05, 4.69) is 15.7 Å². The van der Waals surface area contributed by atoms with Gasteiger partial charge in [-0.2, -0.15) is 4.79 Å². The van der Waals surface area contributed by atoms with Gasteiger partial charge in [0.1, 0.15) is 17.1 Å². The van der Waals surface area contributed by atoms with E-state index in [1.54, 1.807) is 31.4 Å². The van der Waals surface area contributed by atoms with Crippen molar-refractivity contribution in [1.29, 1.82) is 0 Å². The van der Waals surface area contributed by atoms with E-state index in [9.17, 15) is 4.79 Å². The van der Waals surface area contributed by atoms with Crippen molar-refractivity contribution >= 4 is 5.91 Å². The third-order valence-electron chi connectivity index (χ3n) is 4.32. The van der Waals surface area contributed by atoms with Crippen LogP contribution in [0, 0.1) is 0 Å². The molecule has 0 radical (unpaired) electrons. The van der Waals surface area contributed by atoms with E-state index >= 15 is 0 Å². The highest BCUT2D eigenvalue weighted by Crippen LogP contribution is 2.29. The lowest BCUT2D eigenvalue weighted by atomic mass is 10.1. The number of carbonyl (C=O) groups excluding carboxylic acids is 1. The van der Waals surface area contributed by atoms with Crippen molar-refractivity contribution in [2.45, 2.75) is 0 Å². The SMILES string of the molecule is COc1ccc(C(=O)Nn2nnc(-c3ccccc3)c2-c2ccccc2)cc1. The van der Waals surface area contributed by atoms with Gasteiger partial charge in [0.25, 0.3) is 5.91 Å². The topological polar surface area (TPSA) is 69.0 Å². The number of carbonyl (C=O) groups is 1. The van der Waals surface area contributed by atoms with Gasteiger partial charge in [-0.1, -0.05) is 60.7 Å². The lowest BCUT2D eigenvalue weighted by Crippen LogP contribution is -2.24. The largest absolute Gasteiger partial charge is 0.497 e. The van der Waals surface area contributed by atoms with E-state index < -0.39 is 0 Å². The number of nitrogens with one attached hydrogen (secondary N) is 1. The molecule has 1 aromatic heterocycles. The van der Waals surface area contributed by atoms with Gasteiger partial charge in [0.15, 0.2) is 0 Å². The summed E-state index contributed by atoms with van der Waals surface area (Å²) >= 11 is 0. The van der Waals surface area contributed by atoms with Crippen LogP contribution < -0.4 is 10.2 Å². The molecule has 0 aliphatic heterocycles. The Bertz CT molecular complexity index is 1070. The molecule has 4 rings (SSSR count). The molecule has 6 nitrogen and oxygen atoms in total. The molecule has 4 aromatic rings. The number of benzene rings is 3. The zero-order valence-electron chi connectivity index (χ0n) is 15.2. The van der Waals surface area contributed by atoms with E-state index in [1.165, 1.54) is 4.79 Å². The van der Waals surface area contributed by atoms with Gasteiger partial charge in [-0.05, 0) is 29.5 Å². The Balaban J connectivity index is 1.72. The summed E-state index contributed by atoms with van der Waals surface area (Å²) in [5, 5.41) is 8.49. The van der Waals surface area contributed by atoms with Crippen molar-refractivity contribution in [2.75, 3.05) is 12.5 Å². The first-order valence-corrected chi connectivity index (χ1v) is 8.78. The third-order valence-corrected chi connectivity index (χ3v) is 4.32. The maximum absolute atomic E-state index is 12.7. The van der Waals surface area contributed by atoms with Crippen LogP contribution >= 0.6 is 0 Å². The lowest BCUT2D eigenvalue weighted by molar-refractivity contribution is 0.100. The van der Waals surface area contributed by atoms with Gasteiger partial charge < -0.3 is 4.74 Å². The average Bonchev–Trinajstić information content (AvgIpc) is 3.18. The van der Waals surface area contributed by atoms with Gasteiger partial charge in [0, 0.05) is 16.7 Å². The molecule has 28 heavy (non-hydrogen) atoms. The van der Waals surface area contributed by atoms with Crippen molar-refractivity contribution in [1.82, 2.24) is 15.1 Å². The predicted octanol–water partition coefficient (Wildman–Crippen LogP) is 4.00. The van der Waals surface area contributed by atoms with Crippen LogP contribution in [0.4, 0.5) is 0 Å². The first-order chi connectivity index (χ1) is 13.8. The van der Waals surface area contributed by atoms with Gasteiger partial charge in [-0.3, -0.25) is 4.79 Å². The second-order valence-corrected chi connectivity index (χ2v) is 6.10. The third kappa shape index (κ3) is 3.48. The molecule has 1 heterocycles. The number of ether oxygens (including phenoxy) is 1. The first-order valence-electron chi connectivity index (χ1n) is 8.78. The maximum Gasteiger partial charge on any atom is 0.271 e. The molecule has 0 aliphatic carbocycles. The average molecular weight is 370 g/mol. The summed E-state index contributed by atoms with van der Waals surface area (Å²) in [6.07, 6.45) is 0. The second-order valence-electron chi connectivity index (χ2n) is 6.10. The van der Waals surface area contributed by atoms with Crippen LogP contribution in [0.1, 0.15) is 10.4 Å². The number of aromatic nitrogens is 3. The van der Waals surface area contributed by atoms with E-state index in [0.717, 1.165) is 11.1 Å². The molecule has 0 aliphatic rings.